The van der Waals surface area contributed by atoms with E-state index in [0.717, 1.165) is 6.07 Å². The van der Waals surface area contributed by atoms with Crippen LogP contribution in [0.4, 0.5) is 13.2 Å². The summed E-state index contributed by atoms with van der Waals surface area (Å²) >= 11 is 0. The molecule has 1 heterocycles. The third kappa shape index (κ3) is 4.97. The van der Waals surface area contributed by atoms with Crippen LogP contribution in [-0.2, 0) is 11.0 Å². The minimum atomic E-state index is -4.60. The molecule has 0 bridgehead atoms. The van der Waals surface area contributed by atoms with Gasteiger partial charge >= 0.3 is 6.18 Å². The van der Waals surface area contributed by atoms with Crippen LogP contribution in [0.15, 0.2) is 47.0 Å². The van der Waals surface area contributed by atoms with Gasteiger partial charge in [-0.2, -0.15) is 18.2 Å². The van der Waals surface area contributed by atoms with Crippen LogP contribution in [0.2, 0.25) is 0 Å². The van der Waals surface area contributed by atoms with Gasteiger partial charge in [0.25, 0.3) is 5.89 Å². The van der Waals surface area contributed by atoms with Crippen LogP contribution in [0.5, 0.6) is 11.5 Å². The quantitative estimate of drug-likeness (QED) is 0.491. The van der Waals surface area contributed by atoms with E-state index in [1.54, 1.807) is 45.0 Å². The number of rotatable bonds is 7. The van der Waals surface area contributed by atoms with E-state index in [-0.39, 0.29) is 23.0 Å². The van der Waals surface area contributed by atoms with Crippen LogP contribution in [0.1, 0.15) is 26.3 Å². The molecule has 158 valence electrons. The number of nitrogens with zero attached hydrogens (tertiary/aromatic N) is 2. The van der Waals surface area contributed by atoms with Crippen LogP contribution >= 0.6 is 0 Å². The topological polar surface area (TPSA) is 74.5 Å². The van der Waals surface area contributed by atoms with E-state index in [1.165, 1.54) is 12.1 Å². The number of carbonyl (C=O) groups excluding carboxylic acids is 1. The lowest BCUT2D eigenvalue weighted by Crippen LogP contribution is -2.13. The van der Waals surface area contributed by atoms with Crippen molar-refractivity contribution in [3.63, 3.8) is 0 Å². The van der Waals surface area contributed by atoms with Crippen LogP contribution in [0.25, 0.3) is 22.8 Å². The Balaban J connectivity index is 1.88. The zero-order chi connectivity index (χ0) is 21.9. The zero-order valence-corrected chi connectivity index (χ0v) is 16.4. The highest BCUT2D eigenvalue weighted by Crippen LogP contribution is 2.39. The van der Waals surface area contributed by atoms with E-state index >= 15 is 0 Å². The van der Waals surface area contributed by atoms with Gasteiger partial charge in [-0.05, 0) is 63.2 Å². The fourth-order valence-corrected chi connectivity index (χ4v) is 2.62. The van der Waals surface area contributed by atoms with Crippen molar-refractivity contribution in [2.45, 2.75) is 39.2 Å². The number of halogens is 3. The molecule has 0 amide bonds. The van der Waals surface area contributed by atoms with Gasteiger partial charge < -0.3 is 14.0 Å². The minimum absolute atomic E-state index is 0.0153. The normalized spacial score (nSPS) is 12.6. The molecule has 1 aromatic heterocycles. The molecule has 6 nitrogen and oxygen atoms in total. The highest BCUT2D eigenvalue weighted by atomic mass is 19.4. The zero-order valence-electron chi connectivity index (χ0n) is 16.4. The molecular weight excluding hydrogens is 401 g/mol. The van der Waals surface area contributed by atoms with Gasteiger partial charge in [-0.1, -0.05) is 5.16 Å². The van der Waals surface area contributed by atoms with Crippen molar-refractivity contribution in [3.8, 4) is 34.3 Å². The van der Waals surface area contributed by atoms with E-state index in [2.05, 4.69) is 10.1 Å². The Kier molecular flexibility index (Phi) is 6.09. The van der Waals surface area contributed by atoms with Crippen molar-refractivity contribution in [2.24, 2.45) is 0 Å². The third-order valence-electron chi connectivity index (χ3n) is 3.95. The van der Waals surface area contributed by atoms with Crippen molar-refractivity contribution >= 4 is 6.29 Å². The summed E-state index contributed by atoms with van der Waals surface area (Å²) in [5.74, 6) is 0.372. The first-order valence-electron chi connectivity index (χ1n) is 9.11. The Morgan fingerprint density at radius 2 is 1.67 bits per heavy atom. The Hall–Kier alpha value is -3.36. The summed E-state index contributed by atoms with van der Waals surface area (Å²) in [6.07, 6.45) is -4.92. The smallest absolute Gasteiger partial charge is 0.419 e. The maximum Gasteiger partial charge on any atom is 0.419 e. The fraction of sp³-hybridized carbons (Fsp3) is 0.286. The predicted molar refractivity (Wildman–Crippen MR) is 102 cm³/mol. The maximum atomic E-state index is 13.4. The first-order chi connectivity index (χ1) is 14.2. The first-order valence-corrected chi connectivity index (χ1v) is 9.11. The van der Waals surface area contributed by atoms with Crippen molar-refractivity contribution < 1.29 is 32.0 Å². The molecule has 3 aromatic rings. The Labute approximate surface area is 170 Å². The molecule has 2 aromatic carbocycles. The van der Waals surface area contributed by atoms with Crippen LogP contribution in [-0.4, -0.2) is 28.6 Å². The highest BCUT2D eigenvalue weighted by Gasteiger charge is 2.35. The second-order valence-electron chi connectivity index (χ2n) is 6.78. The molecule has 0 aliphatic carbocycles. The van der Waals surface area contributed by atoms with Crippen molar-refractivity contribution in [2.75, 3.05) is 0 Å². The predicted octanol–water partition coefficient (Wildman–Crippen LogP) is 5.18. The molecule has 0 unspecified atom stereocenters. The average Bonchev–Trinajstić information content (AvgIpc) is 3.17. The van der Waals surface area contributed by atoms with Gasteiger partial charge in [0.15, 0.2) is 12.4 Å². The SMILES string of the molecule is CC(C)Oc1ccc(-c2noc(-c3ccc(O[C@H](C)C=O)cc3)n2)cc1C(F)(F)F. The van der Waals surface area contributed by atoms with Crippen LogP contribution in [0, 0.1) is 0 Å². The molecule has 1 atom stereocenters. The molecule has 9 heteroatoms. The molecule has 0 saturated heterocycles. The number of hydrogen-bond donors (Lipinski definition) is 0. The summed E-state index contributed by atoms with van der Waals surface area (Å²) in [6, 6.07) is 10.2. The number of hydrogen-bond acceptors (Lipinski definition) is 6. The number of aldehydes is 1. The molecule has 0 fully saturated rings. The third-order valence-corrected chi connectivity index (χ3v) is 3.95. The van der Waals surface area contributed by atoms with Gasteiger partial charge in [0, 0.05) is 11.1 Å². The monoisotopic (exact) mass is 420 g/mol. The summed E-state index contributed by atoms with van der Waals surface area (Å²) in [5, 5.41) is 3.79. The lowest BCUT2D eigenvalue weighted by molar-refractivity contribution is -0.139. The van der Waals surface area contributed by atoms with Crippen molar-refractivity contribution in [1.29, 1.82) is 0 Å². The van der Waals surface area contributed by atoms with Crippen LogP contribution in [0.3, 0.4) is 0 Å². The number of carbonyl (C=O) groups is 1. The van der Waals surface area contributed by atoms with E-state index in [4.69, 9.17) is 14.0 Å². The summed E-state index contributed by atoms with van der Waals surface area (Å²) < 4.78 is 56.1. The number of aromatic nitrogens is 2. The van der Waals surface area contributed by atoms with Gasteiger partial charge in [-0.25, -0.2) is 0 Å². The second-order valence-corrected chi connectivity index (χ2v) is 6.78. The standard InChI is InChI=1S/C21H19F3N2O4/c1-12(2)28-18-9-6-15(10-17(18)21(22,23)24)19-25-20(30-26-19)14-4-7-16(8-5-14)29-13(3)11-27/h4-13H,1-3H3/t13-/m1/s1. The Morgan fingerprint density at radius 1 is 1.00 bits per heavy atom. The lowest BCUT2D eigenvalue weighted by Gasteiger charge is -2.16. The molecule has 0 aliphatic heterocycles. The maximum absolute atomic E-state index is 13.4. The molecule has 3 rings (SSSR count). The van der Waals surface area contributed by atoms with E-state index in [0.29, 0.717) is 17.6 Å². The largest absolute Gasteiger partial charge is 0.490 e. The second kappa shape index (κ2) is 8.56. The van der Waals surface area contributed by atoms with Crippen LogP contribution < -0.4 is 9.47 Å². The molecule has 30 heavy (non-hydrogen) atoms. The summed E-state index contributed by atoms with van der Waals surface area (Å²) in [4.78, 5) is 14.8. The van der Waals surface area contributed by atoms with E-state index in [1.807, 2.05) is 0 Å². The number of benzene rings is 2. The highest BCUT2D eigenvalue weighted by molar-refractivity contribution is 5.63. The molecule has 0 N–H and O–H groups in total. The summed E-state index contributed by atoms with van der Waals surface area (Å²) in [5.41, 5.74) is -0.213. The van der Waals surface area contributed by atoms with E-state index < -0.39 is 23.9 Å². The van der Waals surface area contributed by atoms with Gasteiger partial charge in [-0.3, -0.25) is 4.79 Å². The molecule has 0 saturated carbocycles. The first kappa shape index (κ1) is 21.4. The van der Waals surface area contributed by atoms with Gasteiger partial charge in [0.2, 0.25) is 5.82 Å². The van der Waals surface area contributed by atoms with Gasteiger partial charge in [0.05, 0.1) is 11.7 Å². The molecule has 0 spiro atoms. The van der Waals surface area contributed by atoms with Gasteiger partial charge in [0.1, 0.15) is 11.5 Å². The Morgan fingerprint density at radius 3 is 2.27 bits per heavy atom. The fourth-order valence-electron chi connectivity index (χ4n) is 2.62. The lowest BCUT2D eigenvalue weighted by atomic mass is 10.1. The molecule has 0 aliphatic rings. The summed E-state index contributed by atoms with van der Waals surface area (Å²) in [7, 11) is 0. The Bertz CT molecular complexity index is 1010. The van der Waals surface area contributed by atoms with Crippen molar-refractivity contribution in [3.05, 3.63) is 48.0 Å². The van der Waals surface area contributed by atoms with Crippen molar-refractivity contribution in [1.82, 2.24) is 10.1 Å². The van der Waals surface area contributed by atoms with E-state index in [9.17, 15) is 18.0 Å². The minimum Gasteiger partial charge on any atom is -0.490 e. The molecule has 0 radical (unpaired) electrons. The van der Waals surface area contributed by atoms with Gasteiger partial charge in [-0.15, -0.1) is 0 Å². The average molecular weight is 420 g/mol. The molecular formula is C21H19F3N2O4. The summed E-state index contributed by atoms with van der Waals surface area (Å²) in [6.45, 7) is 4.91. The number of ether oxygens (including phenoxy) is 2. The number of alkyl halides is 3.